The molecule has 0 saturated carbocycles. The number of hydrogen-bond acceptors (Lipinski definition) is 7. The van der Waals surface area contributed by atoms with E-state index >= 15 is 0 Å². The number of nitrogens with zero attached hydrogens (tertiary/aromatic N) is 1. The Bertz CT molecular complexity index is 470. The number of carbonyl (C=O) groups is 1. The number of aromatic nitrogens is 1. The third-order valence-corrected chi connectivity index (χ3v) is 4.16. The Morgan fingerprint density at radius 3 is 2.38 bits per heavy atom. The zero-order chi connectivity index (χ0) is 15.7. The number of hydrogen-bond donors (Lipinski definition) is 1. The molecule has 0 aliphatic carbocycles. The van der Waals surface area contributed by atoms with Crippen molar-refractivity contribution in [2.75, 3.05) is 13.2 Å². The summed E-state index contributed by atoms with van der Waals surface area (Å²) in [5.74, 6) is -1.35. The minimum Gasteiger partial charge on any atom is -0.481 e. The standard InChI is InChI=1S/C12H18NO7P/c1-3-17-19-21(16,20-18-4-2)11(12(14)15)8-10-6-5-7-13-9-10/h5-7,9,11H,3-4,8H2,1-2H3,(H,14,15). The lowest BCUT2D eigenvalue weighted by molar-refractivity contribution is -0.264. The molecule has 8 nitrogen and oxygen atoms in total. The zero-order valence-corrected chi connectivity index (χ0v) is 12.7. The molecule has 0 spiro atoms. The van der Waals surface area contributed by atoms with Crippen molar-refractivity contribution >= 4 is 13.6 Å². The molecule has 1 heterocycles. The highest BCUT2D eigenvalue weighted by molar-refractivity contribution is 7.55. The fourth-order valence-electron chi connectivity index (χ4n) is 1.45. The fourth-order valence-corrected chi connectivity index (χ4v) is 2.89. The van der Waals surface area contributed by atoms with Crippen LogP contribution in [-0.4, -0.2) is 34.9 Å². The summed E-state index contributed by atoms with van der Waals surface area (Å²) in [7, 11) is -4.16. The van der Waals surface area contributed by atoms with Gasteiger partial charge in [0.05, 0.1) is 13.2 Å². The van der Waals surface area contributed by atoms with Crippen LogP contribution in [0.1, 0.15) is 19.4 Å². The molecular weight excluding hydrogens is 301 g/mol. The Hall–Kier alpha value is -1.31. The van der Waals surface area contributed by atoms with Gasteiger partial charge in [0.2, 0.25) is 0 Å². The topological polar surface area (TPSA) is 104 Å². The molecule has 0 aromatic carbocycles. The maximum atomic E-state index is 12.6. The molecule has 1 N–H and O–H groups in total. The van der Waals surface area contributed by atoms with Crippen LogP contribution in [0.5, 0.6) is 0 Å². The van der Waals surface area contributed by atoms with E-state index in [1.54, 1.807) is 32.2 Å². The smallest absolute Gasteiger partial charge is 0.398 e. The van der Waals surface area contributed by atoms with Gasteiger partial charge in [-0.15, -0.1) is 9.35 Å². The van der Waals surface area contributed by atoms with Crippen molar-refractivity contribution in [3.63, 3.8) is 0 Å². The van der Waals surface area contributed by atoms with Crippen LogP contribution in [0.15, 0.2) is 24.5 Å². The van der Waals surface area contributed by atoms with Gasteiger partial charge >= 0.3 is 13.6 Å². The third kappa shape index (κ3) is 5.53. The molecule has 118 valence electrons. The van der Waals surface area contributed by atoms with Crippen LogP contribution in [0.4, 0.5) is 0 Å². The van der Waals surface area contributed by atoms with E-state index in [1.165, 1.54) is 6.20 Å². The highest BCUT2D eigenvalue weighted by Crippen LogP contribution is 2.54. The number of carboxylic acid groups (broad SMARTS) is 1. The van der Waals surface area contributed by atoms with E-state index in [2.05, 4.69) is 24.1 Å². The number of pyridine rings is 1. The van der Waals surface area contributed by atoms with E-state index in [0.717, 1.165) is 0 Å². The van der Waals surface area contributed by atoms with Gasteiger partial charge < -0.3 is 5.11 Å². The lowest BCUT2D eigenvalue weighted by Gasteiger charge is -2.21. The van der Waals surface area contributed by atoms with Gasteiger partial charge in [0, 0.05) is 12.4 Å². The molecule has 9 heteroatoms. The summed E-state index contributed by atoms with van der Waals surface area (Å²) >= 11 is 0. The monoisotopic (exact) mass is 319 g/mol. The van der Waals surface area contributed by atoms with Crippen molar-refractivity contribution < 1.29 is 33.6 Å². The lowest BCUT2D eigenvalue weighted by Crippen LogP contribution is -2.26. The predicted octanol–water partition coefficient (Wildman–Crippen LogP) is 2.21. The van der Waals surface area contributed by atoms with Gasteiger partial charge in [0.25, 0.3) is 0 Å². The second-order valence-electron chi connectivity index (χ2n) is 3.92. The van der Waals surface area contributed by atoms with Crippen molar-refractivity contribution in [2.45, 2.75) is 25.9 Å². The number of aliphatic carboxylic acids is 1. The summed E-state index contributed by atoms with van der Waals surface area (Å²) in [6, 6.07) is 3.31. The molecule has 0 aliphatic rings. The van der Waals surface area contributed by atoms with Gasteiger partial charge in [0.1, 0.15) is 0 Å². The van der Waals surface area contributed by atoms with Crippen LogP contribution >= 0.6 is 7.60 Å². The van der Waals surface area contributed by atoms with Gasteiger partial charge in [0.15, 0.2) is 5.66 Å². The Morgan fingerprint density at radius 2 is 1.95 bits per heavy atom. The van der Waals surface area contributed by atoms with E-state index < -0.39 is 19.2 Å². The van der Waals surface area contributed by atoms with E-state index in [1.807, 2.05) is 0 Å². The minimum absolute atomic E-state index is 0.0821. The molecule has 1 rings (SSSR count). The molecule has 0 amide bonds. The second kappa shape index (κ2) is 8.86. The first kappa shape index (κ1) is 17.7. The molecule has 1 atom stereocenters. The van der Waals surface area contributed by atoms with Crippen molar-refractivity contribution in [1.29, 1.82) is 0 Å². The van der Waals surface area contributed by atoms with Crippen molar-refractivity contribution in [3.05, 3.63) is 30.1 Å². The normalized spacial score (nSPS) is 13.0. The maximum Gasteiger partial charge on any atom is 0.398 e. The number of rotatable bonds is 10. The molecule has 21 heavy (non-hydrogen) atoms. The van der Waals surface area contributed by atoms with Gasteiger partial charge in [-0.1, -0.05) is 6.07 Å². The SMILES string of the molecule is CCOOP(=O)(OOCC)C(Cc1cccnc1)C(=O)O. The first-order chi connectivity index (χ1) is 10.0. The summed E-state index contributed by atoms with van der Waals surface area (Å²) in [6.45, 7) is 3.36. The Labute approximate surface area is 122 Å². The average Bonchev–Trinajstić information content (AvgIpc) is 2.49. The van der Waals surface area contributed by atoms with E-state index in [-0.39, 0.29) is 19.6 Å². The van der Waals surface area contributed by atoms with Gasteiger partial charge in [-0.25, -0.2) is 9.78 Å². The summed E-state index contributed by atoms with van der Waals surface area (Å²) < 4.78 is 21.9. The van der Waals surface area contributed by atoms with Crippen molar-refractivity contribution in [1.82, 2.24) is 4.98 Å². The number of carboxylic acids is 1. The van der Waals surface area contributed by atoms with Crippen LogP contribution in [0, 0.1) is 0 Å². The maximum absolute atomic E-state index is 12.6. The van der Waals surface area contributed by atoms with Gasteiger partial charge in [-0.3, -0.25) is 14.3 Å². The van der Waals surface area contributed by atoms with Crippen molar-refractivity contribution in [3.8, 4) is 0 Å². The van der Waals surface area contributed by atoms with Crippen LogP contribution in [-0.2, 0) is 34.9 Å². The zero-order valence-electron chi connectivity index (χ0n) is 11.8. The summed E-state index contributed by atoms with van der Waals surface area (Å²) in [5.41, 5.74) is -0.898. The fraction of sp³-hybridized carbons (Fsp3) is 0.500. The molecular formula is C12H18NO7P. The van der Waals surface area contributed by atoms with Crippen molar-refractivity contribution in [2.24, 2.45) is 0 Å². The van der Waals surface area contributed by atoms with Gasteiger partial charge in [-0.05, 0) is 31.9 Å². The largest absolute Gasteiger partial charge is 0.481 e. The van der Waals surface area contributed by atoms with E-state index in [0.29, 0.717) is 5.56 Å². The third-order valence-electron chi connectivity index (χ3n) is 2.37. The molecule has 1 unspecified atom stereocenters. The Morgan fingerprint density at radius 1 is 1.33 bits per heavy atom. The van der Waals surface area contributed by atoms with Crippen LogP contribution in [0.2, 0.25) is 0 Å². The Kier molecular flexibility index (Phi) is 7.49. The van der Waals surface area contributed by atoms with E-state index in [4.69, 9.17) is 0 Å². The summed E-state index contributed by atoms with van der Waals surface area (Å²) in [5, 5.41) is 9.31. The minimum atomic E-state index is -4.16. The van der Waals surface area contributed by atoms with Gasteiger partial charge in [-0.2, -0.15) is 0 Å². The second-order valence-corrected chi connectivity index (χ2v) is 5.92. The van der Waals surface area contributed by atoms with Crippen LogP contribution < -0.4 is 0 Å². The molecule has 1 aromatic heterocycles. The summed E-state index contributed by atoms with van der Waals surface area (Å²) in [6.07, 6.45) is 2.93. The predicted molar refractivity (Wildman–Crippen MR) is 72.4 cm³/mol. The molecule has 0 radical (unpaired) electrons. The molecule has 0 aliphatic heterocycles. The van der Waals surface area contributed by atoms with E-state index in [9.17, 15) is 14.5 Å². The first-order valence-corrected chi connectivity index (χ1v) is 7.98. The Balaban J connectivity index is 2.96. The van der Waals surface area contributed by atoms with Crippen LogP contribution in [0.25, 0.3) is 0 Å². The highest BCUT2D eigenvalue weighted by Gasteiger charge is 2.44. The lowest BCUT2D eigenvalue weighted by atomic mass is 10.1. The molecule has 1 aromatic rings. The molecule has 0 bridgehead atoms. The highest BCUT2D eigenvalue weighted by atomic mass is 31.2. The average molecular weight is 319 g/mol. The molecule has 0 saturated heterocycles. The summed E-state index contributed by atoms with van der Waals surface area (Å²) in [4.78, 5) is 24.5. The van der Waals surface area contributed by atoms with Crippen LogP contribution in [0.3, 0.4) is 0 Å². The quantitative estimate of drug-likeness (QED) is 0.397. The molecule has 0 fully saturated rings. The first-order valence-electron chi connectivity index (χ1n) is 6.37.